The third kappa shape index (κ3) is 2.96. The van der Waals surface area contributed by atoms with Gasteiger partial charge in [0.25, 0.3) is 0 Å². The molecule has 20 heavy (non-hydrogen) atoms. The number of rotatable bonds is 4. The molecule has 3 rings (SSSR count). The molecule has 0 spiro atoms. The quantitative estimate of drug-likeness (QED) is 0.928. The predicted molar refractivity (Wildman–Crippen MR) is 73.1 cm³/mol. The number of anilines is 1. The van der Waals surface area contributed by atoms with Crippen LogP contribution in [0.1, 0.15) is 24.2 Å². The van der Waals surface area contributed by atoms with E-state index in [-0.39, 0.29) is 6.03 Å². The maximum absolute atomic E-state index is 12.4. The Morgan fingerprint density at radius 3 is 3.00 bits per heavy atom. The Kier molecular flexibility index (Phi) is 3.37. The van der Waals surface area contributed by atoms with Crippen molar-refractivity contribution in [3.8, 4) is 0 Å². The zero-order chi connectivity index (χ0) is 13.9. The van der Waals surface area contributed by atoms with Crippen molar-refractivity contribution >= 4 is 11.8 Å². The van der Waals surface area contributed by atoms with E-state index >= 15 is 0 Å². The predicted octanol–water partition coefficient (Wildman–Crippen LogP) is 2.57. The molecule has 1 saturated carbocycles. The smallest absolute Gasteiger partial charge is 0.323 e. The maximum Gasteiger partial charge on any atom is 0.323 e. The van der Waals surface area contributed by atoms with Crippen LogP contribution < -0.4 is 5.32 Å². The number of aromatic nitrogens is 2. The van der Waals surface area contributed by atoms with Crippen molar-refractivity contribution in [1.82, 2.24) is 14.9 Å². The second-order valence-electron chi connectivity index (χ2n) is 4.91. The summed E-state index contributed by atoms with van der Waals surface area (Å²) < 4.78 is 5.05. The minimum absolute atomic E-state index is 0.133. The van der Waals surface area contributed by atoms with Gasteiger partial charge in [-0.3, -0.25) is 5.32 Å². The molecule has 2 aromatic rings. The number of hydrogen-bond acceptors (Lipinski definition) is 4. The lowest BCUT2D eigenvalue weighted by Crippen LogP contribution is -2.36. The van der Waals surface area contributed by atoms with Crippen molar-refractivity contribution in [2.45, 2.75) is 32.4 Å². The highest BCUT2D eigenvalue weighted by Crippen LogP contribution is 2.29. The summed E-state index contributed by atoms with van der Waals surface area (Å²) in [7, 11) is 0. The lowest BCUT2D eigenvalue weighted by Gasteiger charge is -2.21. The van der Waals surface area contributed by atoms with Gasteiger partial charge in [-0.1, -0.05) is 0 Å². The lowest BCUT2D eigenvalue weighted by molar-refractivity contribution is 0.206. The molecule has 2 amide bonds. The highest BCUT2D eigenvalue weighted by Gasteiger charge is 2.32. The first-order valence-electron chi connectivity index (χ1n) is 6.61. The van der Waals surface area contributed by atoms with Gasteiger partial charge in [-0.15, -0.1) is 0 Å². The minimum Gasteiger partial charge on any atom is -0.472 e. The molecule has 2 heterocycles. The number of carbonyl (C=O) groups is 1. The molecule has 0 radical (unpaired) electrons. The zero-order valence-corrected chi connectivity index (χ0v) is 11.2. The zero-order valence-electron chi connectivity index (χ0n) is 11.2. The highest BCUT2D eigenvalue weighted by molar-refractivity contribution is 5.88. The number of carbonyl (C=O) groups excluding carboxylic acids is 1. The van der Waals surface area contributed by atoms with E-state index in [1.165, 1.54) is 0 Å². The fourth-order valence-corrected chi connectivity index (χ4v) is 2.04. The van der Waals surface area contributed by atoms with Gasteiger partial charge in [0.15, 0.2) is 0 Å². The topological polar surface area (TPSA) is 71.3 Å². The van der Waals surface area contributed by atoms with Gasteiger partial charge >= 0.3 is 6.03 Å². The molecule has 0 atom stereocenters. The Balaban J connectivity index is 1.69. The van der Waals surface area contributed by atoms with E-state index in [0.717, 1.165) is 18.4 Å². The third-order valence-corrected chi connectivity index (χ3v) is 3.19. The Morgan fingerprint density at radius 2 is 2.35 bits per heavy atom. The largest absolute Gasteiger partial charge is 0.472 e. The molecule has 104 valence electrons. The Morgan fingerprint density at radius 1 is 1.50 bits per heavy atom. The summed E-state index contributed by atoms with van der Waals surface area (Å²) in [6.07, 6.45) is 7.02. The summed E-state index contributed by atoms with van der Waals surface area (Å²) >= 11 is 0. The SMILES string of the molecule is Cc1nccc(NC(=O)N(Cc2ccoc2)C2CC2)n1. The number of amides is 2. The van der Waals surface area contributed by atoms with Gasteiger partial charge in [-0.05, 0) is 31.9 Å². The number of aryl methyl sites for hydroxylation is 1. The second kappa shape index (κ2) is 5.32. The van der Waals surface area contributed by atoms with Crippen LogP contribution in [0.15, 0.2) is 35.3 Å². The van der Waals surface area contributed by atoms with E-state index in [1.807, 2.05) is 11.0 Å². The van der Waals surface area contributed by atoms with Gasteiger partial charge in [0.05, 0.1) is 19.1 Å². The lowest BCUT2D eigenvalue weighted by atomic mass is 10.3. The summed E-state index contributed by atoms with van der Waals surface area (Å²) in [6.45, 7) is 2.34. The Bertz CT molecular complexity index is 593. The standard InChI is InChI=1S/C14H16N4O2/c1-10-15-6-4-13(16-10)17-14(19)18(12-2-3-12)8-11-5-7-20-9-11/h4-7,9,12H,2-3,8H2,1H3,(H,15,16,17,19). The third-order valence-electron chi connectivity index (χ3n) is 3.19. The van der Waals surface area contributed by atoms with Crippen LogP contribution in [-0.4, -0.2) is 26.9 Å². The van der Waals surface area contributed by atoms with Crippen molar-refractivity contribution in [1.29, 1.82) is 0 Å². The number of furan rings is 1. The first-order chi connectivity index (χ1) is 9.72. The molecular weight excluding hydrogens is 256 g/mol. The van der Waals surface area contributed by atoms with Gasteiger partial charge in [0.2, 0.25) is 0 Å². The van der Waals surface area contributed by atoms with Gasteiger partial charge in [0, 0.05) is 17.8 Å². The van der Waals surface area contributed by atoms with E-state index in [2.05, 4.69) is 15.3 Å². The molecule has 1 N–H and O–H groups in total. The number of urea groups is 1. The maximum atomic E-state index is 12.4. The van der Waals surface area contributed by atoms with Crippen LogP contribution in [0.25, 0.3) is 0 Å². The molecule has 0 unspecified atom stereocenters. The van der Waals surface area contributed by atoms with Crippen LogP contribution in [0.3, 0.4) is 0 Å². The van der Waals surface area contributed by atoms with Crippen molar-refractivity contribution < 1.29 is 9.21 Å². The molecule has 0 bridgehead atoms. The van der Waals surface area contributed by atoms with Gasteiger partial charge < -0.3 is 9.32 Å². The average molecular weight is 272 g/mol. The normalized spacial score (nSPS) is 14.1. The van der Waals surface area contributed by atoms with Crippen molar-refractivity contribution in [3.63, 3.8) is 0 Å². The van der Waals surface area contributed by atoms with Crippen LogP contribution in [0, 0.1) is 6.92 Å². The molecule has 1 fully saturated rings. The fraction of sp³-hybridized carbons (Fsp3) is 0.357. The van der Waals surface area contributed by atoms with Crippen molar-refractivity contribution in [3.05, 3.63) is 42.2 Å². The van der Waals surface area contributed by atoms with Crippen molar-refractivity contribution in [2.24, 2.45) is 0 Å². The first kappa shape index (κ1) is 12.7. The van der Waals surface area contributed by atoms with E-state index in [1.54, 1.807) is 31.7 Å². The minimum atomic E-state index is -0.133. The molecule has 1 aliphatic carbocycles. The molecule has 6 nitrogen and oxygen atoms in total. The number of hydrogen-bond donors (Lipinski definition) is 1. The van der Waals surface area contributed by atoms with Crippen molar-refractivity contribution in [2.75, 3.05) is 5.32 Å². The molecule has 6 heteroatoms. The first-order valence-corrected chi connectivity index (χ1v) is 6.61. The highest BCUT2D eigenvalue weighted by atomic mass is 16.3. The molecule has 0 aliphatic heterocycles. The van der Waals surface area contributed by atoms with Crippen LogP contribution in [-0.2, 0) is 6.54 Å². The molecule has 0 saturated heterocycles. The van der Waals surface area contributed by atoms with Gasteiger partial charge in [-0.25, -0.2) is 14.8 Å². The van der Waals surface area contributed by atoms with E-state index in [4.69, 9.17) is 4.42 Å². The molecule has 1 aliphatic rings. The Hall–Kier alpha value is -2.37. The fourth-order valence-electron chi connectivity index (χ4n) is 2.04. The van der Waals surface area contributed by atoms with E-state index < -0.39 is 0 Å². The summed E-state index contributed by atoms with van der Waals surface area (Å²) in [5.74, 6) is 1.16. The monoisotopic (exact) mass is 272 g/mol. The van der Waals surface area contributed by atoms with E-state index in [0.29, 0.717) is 24.2 Å². The summed E-state index contributed by atoms with van der Waals surface area (Å²) in [5, 5.41) is 2.82. The molecule has 0 aromatic carbocycles. The second-order valence-corrected chi connectivity index (χ2v) is 4.91. The van der Waals surface area contributed by atoms with Gasteiger partial charge in [-0.2, -0.15) is 0 Å². The molecule has 2 aromatic heterocycles. The Labute approximate surface area is 116 Å². The number of nitrogens with one attached hydrogen (secondary N) is 1. The van der Waals surface area contributed by atoms with Crippen LogP contribution >= 0.6 is 0 Å². The average Bonchev–Trinajstić information content (AvgIpc) is 3.12. The summed E-state index contributed by atoms with van der Waals surface area (Å²) in [5.41, 5.74) is 0.992. The summed E-state index contributed by atoms with van der Waals surface area (Å²) in [6, 6.07) is 3.74. The summed E-state index contributed by atoms with van der Waals surface area (Å²) in [4.78, 5) is 22.4. The van der Waals surface area contributed by atoms with Gasteiger partial charge in [0.1, 0.15) is 11.6 Å². The number of nitrogens with zero attached hydrogens (tertiary/aromatic N) is 3. The van der Waals surface area contributed by atoms with Crippen LogP contribution in [0.4, 0.5) is 10.6 Å². The molecular formula is C14H16N4O2. The van der Waals surface area contributed by atoms with Crippen LogP contribution in [0.2, 0.25) is 0 Å². The van der Waals surface area contributed by atoms with E-state index in [9.17, 15) is 4.79 Å². The van der Waals surface area contributed by atoms with Crippen LogP contribution in [0.5, 0.6) is 0 Å².